The quantitative estimate of drug-likeness (QED) is 0.925. The number of hydrogen-bond donors (Lipinski definition) is 1. The first-order chi connectivity index (χ1) is 11.5. The summed E-state index contributed by atoms with van der Waals surface area (Å²) in [5, 5.41) is 7.95. The third-order valence-corrected chi connectivity index (χ3v) is 5.51. The summed E-state index contributed by atoms with van der Waals surface area (Å²) < 4.78 is 1.99. The van der Waals surface area contributed by atoms with Gasteiger partial charge in [0.05, 0.1) is 17.4 Å². The molecule has 0 unspecified atom stereocenters. The van der Waals surface area contributed by atoms with Crippen LogP contribution in [0.15, 0.2) is 24.3 Å². The molecule has 0 saturated carbocycles. The molecule has 24 heavy (non-hydrogen) atoms. The van der Waals surface area contributed by atoms with Gasteiger partial charge in [0.2, 0.25) is 5.91 Å². The minimum atomic E-state index is -0.0629. The maximum absolute atomic E-state index is 12.5. The highest BCUT2D eigenvalue weighted by Gasteiger charge is 2.26. The molecule has 0 radical (unpaired) electrons. The molecule has 0 spiro atoms. The van der Waals surface area contributed by atoms with Crippen LogP contribution in [-0.2, 0) is 11.3 Å². The van der Waals surface area contributed by atoms with Gasteiger partial charge >= 0.3 is 0 Å². The van der Waals surface area contributed by atoms with E-state index in [-0.39, 0.29) is 11.9 Å². The van der Waals surface area contributed by atoms with Crippen LogP contribution in [0.4, 0.5) is 0 Å². The Balaban J connectivity index is 1.84. The number of amides is 1. The van der Waals surface area contributed by atoms with Gasteiger partial charge in [-0.2, -0.15) is 5.10 Å². The molecule has 1 amide bonds. The Labute approximate surface area is 147 Å². The highest BCUT2D eigenvalue weighted by Crippen LogP contribution is 2.22. The van der Waals surface area contributed by atoms with Crippen LogP contribution < -0.4 is 5.32 Å². The summed E-state index contributed by atoms with van der Waals surface area (Å²) in [4.78, 5) is 14.3. The van der Waals surface area contributed by atoms with Gasteiger partial charge in [-0.3, -0.25) is 10.1 Å². The number of likely N-dealkylation sites (N-methyl/N-ethyl adjacent to an activating group) is 1. The molecule has 1 aliphatic heterocycles. The molecule has 2 aromatic rings. The molecule has 3 rings (SSSR count). The van der Waals surface area contributed by atoms with Gasteiger partial charge in [-0.1, -0.05) is 18.2 Å². The van der Waals surface area contributed by atoms with E-state index in [4.69, 9.17) is 5.10 Å². The summed E-state index contributed by atoms with van der Waals surface area (Å²) >= 11 is 1.77. The predicted molar refractivity (Wildman–Crippen MR) is 98.5 cm³/mol. The summed E-state index contributed by atoms with van der Waals surface area (Å²) in [7, 11) is 1.87. The van der Waals surface area contributed by atoms with E-state index in [9.17, 15) is 4.79 Å². The standard InChI is InChI=1S/C18H24N4OS/c1-12-7-5-6-8-17(12)22-14(3)15(13(2)20-22)9-21(4)18(23)16-10-24-11-19-16/h5-8,16,19H,9-11H2,1-4H3/t16-/m1/s1. The molecule has 1 fully saturated rings. The van der Waals surface area contributed by atoms with Gasteiger partial charge in [-0.15, -0.1) is 11.8 Å². The zero-order chi connectivity index (χ0) is 17.3. The van der Waals surface area contributed by atoms with E-state index in [2.05, 4.69) is 31.3 Å². The van der Waals surface area contributed by atoms with Gasteiger partial charge in [0.25, 0.3) is 0 Å². The zero-order valence-corrected chi connectivity index (χ0v) is 15.5. The molecule has 128 valence electrons. The van der Waals surface area contributed by atoms with Gasteiger partial charge in [0, 0.05) is 36.5 Å². The van der Waals surface area contributed by atoms with E-state index >= 15 is 0 Å². The molecule has 1 N–H and O–H groups in total. The lowest BCUT2D eigenvalue weighted by molar-refractivity contribution is -0.131. The van der Waals surface area contributed by atoms with Crippen molar-refractivity contribution in [2.24, 2.45) is 0 Å². The van der Waals surface area contributed by atoms with Crippen LogP contribution in [0.3, 0.4) is 0 Å². The number of aromatic nitrogens is 2. The van der Waals surface area contributed by atoms with Crippen LogP contribution in [0, 0.1) is 20.8 Å². The molecule has 5 nitrogen and oxygen atoms in total. The van der Waals surface area contributed by atoms with E-state index in [1.54, 1.807) is 11.8 Å². The number of benzene rings is 1. The third kappa shape index (κ3) is 3.21. The zero-order valence-electron chi connectivity index (χ0n) is 14.7. The summed E-state index contributed by atoms with van der Waals surface area (Å²) in [6.45, 7) is 6.76. The average molecular weight is 344 g/mol. The van der Waals surface area contributed by atoms with Crippen LogP contribution in [0.1, 0.15) is 22.5 Å². The summed E-state index contributed by atoms with van der Waals surface area (Å²) in [5.74, 6) is 1.86. The van der Waals surface area contributed by atoms with E-state index in [0.29, 0.717) is 6.54 Å². The first-order valence-electron chi connectivity index (χ1n) is 8.16. The van der Waals surface area contributed by atoms with Crippen LogP contribution in [-0.4, -0.2) is 45.3 Å². The SMILES string of the molecule is Cc1ccccc1-n1nc(C)c(CN(C)C(=O)[C@H]2CSCN2)c1C. The fourth-order valence-corrected chi connectivity index (χ4v) is 4.01. The molecular weight excluding hydrogens is 320 g/mol. The molecule has 2 heterocycles. The molecule has 0 aliphatic carbocycles. The second-order valence-corrected chi connectivity index (χ2v) is 7.34. The van der Waals surface area contributed by atoms with Crippen LogP contribution in [0.5, 0.6) is 0 Å². The number of nitrogens with zero attached hydrogens (tertiary/aromatic N) is 3. The van der Waals surface area contributed by atoms with Gasteiger partial charge in [0.15, 0.2) is 0 Å². The fourth-order valence-electron chi connectivity index (χ4n) is 3.07. The fraction of sp³-hybridized carbons (Fsp3) is 0.444. The molecular formula is C18H24N4OS. The second kappa shape index (κ2) is 6.99. The third-order valence-electron chi connectivity index (χ3n) is 4.57. The number of thioether (sulfide) groups is 1. The van der Waals surface area contributed by atoms with Crippen molar-refractivity contribution in [1.82, 2.24) is 20.0 Å². The van der Waals surface area contributed by atoms with Crippen molar-refractivity contribution in [3.63, 3.8) is 0 Å². The smallest absolute Gasteiger partial charge is 0.240 e. The minimum absolute atomic E-state index is 0.0629. The number of hydrogen-bond acceptors (Lipinski definition) is 4. The number of para-hydroxylation sites is 1. The number of rotatable bonds is 4. The molecule has 1 atom stereocenters. The molecule has 1 aromatic heterocycles. The Morgan fingerprint density at radius 2 is 2.12 bits per heavy atom. The van der Waals surface area contributed by atoms with Gasteiger partial charge in [0.1, 0.15) is 0 Å². The molecule has 0 bridgehead atoms. The Morgan fingerprint density at radius 1 is 1.38 bits per heavy atom. The summed E-state index contributed by atoms with van der Waals surface area (Å²) in [6.07, 6.45) is 0. The Kier molecular flexibility index (Phi) is 4.96. The number of nitrogens with one attached hydrogen (secondary N) is 1. The van der Waals surface area contributed by atoms with Crippen molar-refractivity contribution in [1.29, 1.82) is 0 Å². The lowest BCUT2D eigenvalue weighted by atomic mass is 10.1. The van der Waals surface area contributed by atoms with Gasteiger partial charge in [-0.25, -0.2) is 4.68 Å². The lowest BCUT2D eigenvalue weighted by Crippen LogP contribution is -2.42. The van der Waals surface area contributed by atoms with E-state index in [1.807, 2.05) is 35.7 Å². The van der Waals surface area contributed by atoms with E-state index in [1.165, 1.54) is 5.56 Å². The number of carbonyl (C=O) groups excluding carboxylic acids is 1. The van der Waals surface area contributed by atoms with Crippen molar-refractivity contribution in [3.8, 4) is 5.69 Å². The van der Waals surface area contributed by atoms with Crippen molar-refractivity contribution >= 4 is 17.7 Å². The van der Waals surface area contributed by atoms with Crippen LogP contribution in [0.2, 0.25) is 0 Å². The normalized spacial score (nSPS) is 17.2. The summed E-state index contributed by atoms with van der Waals surface area (Å²) in [6, 6.07) is 8.16. The Morgan fingerprint density at radius 3 is 2.79 bits per heavy atom. The van der Waals surface area contributed by atoms with Crippen molar-refractivity contribution in [3.05, 3.63) is 46.8 Å². The minimum Gasteiger partial charge on any atom is -0.340 e. The van der Waals surface area contributed by atoms with Gasteiger partial charge in [-0.05, 0) is 32.4 Å². The highest BCUT2D eigenvalue weighted by atomic mass is 32.2. The molecule has 1 saturated heterocycles. The molecule has 1 aromatic carbocycles. The number of carbonyl (C=O) groups is 1. The molecule has 1 aliphatic rings. The van der Waals surface area contributed by atoms with Crippen molar-refractivity contribution in [2.45, 2.75) is 33.4 Å². The average Bonchev–Trinajstić information content (AvgIpc) is 3.19. The predicted octanol–water partition coefficient (Wildman–Crippen LogP) is 2.42. The Bertz CT molecular complexity index is 749. The topological polar surface area (TPSA) is 50.2 Å². The first-order valence-corrected chi connectivity index (χ1v) is 9.31. The van der Waals surface area contributed by atoms with E-state index < -0.39 is 0 Å². The monoisotopic (exact) mass is 344 g/mol. The van der Waals surface area contributed by atoms with Crippen LogP contribution >= 0.6 is 11.8 Å². The second-order valence-electron chi connectivity index (χ2n) is 6.31. The Hall–Kier alpha value is -1.79. The maximum Gasteiger partial charge on any atom is 0.240 e. The number of aryl methyl sites for hydroxylation is 2. The van der Waals surface area contributed by atoms with Crippen molar-refractivity contribution < 1.29 is 4.79 Å². The van der Waals surface area contributed by atoms with Crippen molar-refractivity contribution in [2.75, 3.05) is 18.7 Å². The largest absolute Gasteiger partial charge is 0.340 e. The molecule has 6 heteroatoms. The maximum atomic E-state index is 12.5. The highest BCUT2D eigenvalue weighted by molar-refractivity contribution is 7.99. The van der Waals surface area contributed by atoms with E-state index in [0.717, 1.165) is 34.3 Å². The first kappa shape index (κ1) is 17.0. The lowest BCUT2D eigenvalue weighted by Gasteiger charge is -2.21. The van der Waals surface area contributed by atoms with Crippen LogP contribution in [0.25, 0.3) is 5.69 Å². The summed E-state index contributed by atoms with van der Waals surface area (Å²) in [5.41, 5.74) is 5.47. The van der Waals surface area contributed by atoms with Gasteiger partial charge < -0.3 is 4.90 Å².